The van der Waals surface area contributed by atoms with Crippen LogP contribution in [0.5, 0.6) is 5.75 Å². The molecule has 0 bridgehead atoms. The average Bonchev–Trinajstić information content (AvgIpc) is 3.62. The van der Waals surface area contributed by atoms with Gasteiger partial charge in [-0.3, -0.25) is 24.8 Å². The van der Waals surface area contributed by atoms with E-state index in [-0.39, 0.29) is 66.6 Å². The van der Waals surface area contributed by atoms with E-state index < -0.39 is 29.3 Å². The number of aromatic nitrogens is 2. The van der Waals surface area contributed by atoms with Crippen molar-refractivity contribution in [1.82, 2.24) is 15.6 Å². The fourth-order valence-corrected chi connectivity index (χ4v) is 5.89. The molecule has 2 atom stereocenters. The molecule has 18 nitrogen and oxygen atoms in total. The summed E-state index contributed by atoms with van der Waals surface area (Å²) in [5, 5.41) is 35.0. The van der Waals surface area contributed by atoms with Gasteiger partial charge in [0.05, 0.1) is 47.6 Å². The van der Waals surface area contributed by atoms with Crippen molar-refractivity contribution < 1.29 is 47.1 Å². The number of carbonyl (C=O) groups excluding carboxylic acids is 1. The molecule has 0 saturated carbocycles. The third kappa shape index (κ3) is 9.81. The monoisotopic (exact) mass is 652 g/mol. The van der Waals surface area contributed by atoms with Gasteiger partial charge in [-0.15, -0.1) is 0 Å². The van der Waals surface area contributed by atoms with Gasteiger partial charge in [-0.25, -0.2) is 14.0 Å². The second-order valence-corrected chi connectivity index (χ2v) is 12.4. The van der Waals surface area contributed by atoms with Gasteiger partial charge in [0.25, 0.3) is 5.69 Å². The number of ether oxygens (including phenoxy) is 3. The van der Waals surface area contributed by atoms with Crippen LogP contribution >= 0.6 is 7.60 Å². The number of benzene rings is 2. The van der Waals surface area contributed by atoms with Crippen LogP contribution in [-0.2, 0) is 23.3 Å². The summed E-state index contributed by atoms with van der Waals surface area (Å²) in [5.41, 5.74) is 0.376. The predicted molar refractivity (Wildman–Crippen MR) is 157 cm³/mol. The molecule has 1 aliphatic rings. The van der Waals surface area contributed by atoms with Gasteiger partial charge in [0.15, 0.2) is 11.3 Å². The molecule has 1 aromatic heterocycles. The van der Waals surface area contributed by atoms with Gasteiger partial charge in [-0.1, -0.05) is 0 Å². The van der Waals surface area contributed by atoms with Crippen molar-refractivity contribution in [2.75, 3.05) is 44.4 Å². The zero-order valence-corrected chi connectivity index (χ0v) is 25.4. The fraction of sp³-hybridized carbons (Fsp3) is 0.500. The molecule has 0 aliphatic carbocycles. The van der Waals surface area contributed by atoms with Gasteiger partial charge in [-0.2, -0.15) is 0 Å². The van der Waals surface area contributed by atoms with Crippen LogP contribution in [0.2, 0.25) is 0 Å². The number of rotatable bonds is 17. The summed E-state index contributed by atoms with van der Waals surface area (Å²) >= 11 is 0. The summed E-state index contributed by atoms with van der Waals surface area (Å²) < 4.78 is 46.0. The van der Waals surface area contributed by atoms with Gasteiger partial charge in [-0.05, 0) is 61.6 Å². The maximum absolute atomic E-state index is 13.6. The first-order valence-corrected chi connectivity index (χ1v) is 15.7. The first-order valence-electron chi connectivity index (χ1n) is 14.0. The molecule has 19 heteroatoms. The van der Waals surface area contributed by atoms with Crippen molar-refractivity contribution >= 4 is 41.8 Å². The molecule has 2 aromatic carbocycles. The smallest absolute Gasteiger partial charge is 0.407 e. The number of hydrogen-bond donors (Lipinski definition) is 2. The van der Waals surface area contributed by atoms with E-state index in [0.29, 0.717) is 31.7 Å². The standard InChI is InChI=1S/C26H33N6O12P/c1-26(2)40-17-20(42-26)11-15-41-45(38,43-19-7-5-18(6-8-19)31(34)35)16-4-14-39-25(33)28-13-3-12-27-21-9-10-22(32(36)37)24-23(21)29-44-30-24/h5-10,20,27H,3-4,11-17H2,1-2H3,(H,28,33)/t20-,45?/m0/s1. The van der Waals surface area contributed by atoms with E-state index in [9.17, 15) is 29.6 Å². The second kappa shape index (κ2) is 15.1. The number of hydrogen-bond acceptors (Lipinski definition) is 15. The predicted octanol–water partition coefficient (Wildman–Crippen LogP) is 4.79. The SMILES string of the molecule is CC1(C)OC[C@H](CCOP(=O)(CCCOC(=O)NCCCNc2ccc([N+](=O)[O-])c3nonc23)Oc2ccc([N+](=O)[O-])cc2)O1. The van der Waals surface area contributed by atoms with Crippen LogP contribution in [0.25, 0.3) is 11.0 Å². The Kier molecular flexibility index (Phi) is 11.2. The van der Waals surface area contributed by atoms with Crippen LogP contribution in [0, 0.1) is 20.2 Å². The molecule has 244 valence electrons. The first-order chi connectivity index (χ1) is 21.4. The maximum atomic E-state index is 13.6. The average molecular weight is 653 g/mol. The van der Waals surface area contributed by atoms with E-state index >= 15 is 0 Å². The van der Waals surface area contributed by atoms with E-state index in [0.717, 1.165) is 0 Å². The Labute approximate surface area is 256 Å². The number of nitro groups is 2. The molecule has 0 radical (unpaired) electrons. The number of non-ortho nitro benzene ring substituents is 2. The molecule has 1 saturated heterocycles. The number of amides is 1. The van der Waals surface area contributed by atoms with Crippen molar-refractivity contribution in [2.45, 2.75) is 45.0 Å². The minimum Gasteiger partial charge on any atom is -0.450 e. The van der Waals surface area contributed by atoms with Crippen LogP contribution < -0.4 is 15.2 Å². The minimum absolute atomic E-state index is 0.0289. The molecule has 2 N–H and O–H groups in total. The normalized spacial score (nSPS) is 17.0. The fourth-order valence-electron chi connectivity index (χ4n) is 4.27. The Balaban J connectivity index is 1.19. The summed E-state index contributed by atoms with van der Waals surface area (Å²) in [7, 11) is -3.75. The van der Waals surface area contributed by atoms with Crippen LogP contribution in [0.3, 0.4) is 0 Å². The molecule has 1 amide bonds. The number of anilines is 1. The highest BCUT2D eigenvalue weighted by Crippen LogP contribution is 2.49. The summed E-state index contributed by atoms with van der Waals surface area (Å²) in [4.78, 5) is 33.1. The molecular formula is C26H33N6O12P. The summed E-state index contributed by atoms with van der Waals surface area (Å²) in [6, 6.07) is 7.91. The van der Waals surface area contributed by atoms with Crippen LogP contribution in [0.1, 0.15) is 33.1 Å². The molecule has 1 fully saturated rings. The lowest BCUT2D eigenvalue weighted by atomic mass is 10.2. The molecule has 4 rings (SSSR count). The van der Waals surface area contributed by atoms with Crippen molar-refractivity contribution in [3.8, 4) is 5.75 Å². The van der Waals surface area contributed by atoms with E-state index in [1.54, 1.807) is 13.8 Å². The van der Waals surface area contributed by atoms with Crippen molar-refractivity contribution in [2.24, 2.45) is 0 Å². The topological polar surface area (TPSA) is 230 Å². The van der Waals surface area contributed by atoms with E-state index in [1.807, 2.05) is 0 Å². The maximum Gasteiger partial charge on any atom is 0.407 e. The third-order valence-electron chi connectivity index (χ3n) is 6.43. The van der Waals surface area contributed by atoms with Gasteiger partial charge in [0.1, 0.15) is 5.75 Å². The Morgan fingerprint density at radius 1 is 1.04 bits per heavy atom. The second-order valence-electron chi connectivity index (χ2n) is 10.3. The lowest BCUT2D eigenvalue weighted by Gasteiger charge is -2.21. The first kappa shape index (κ1) is 33.5. The van der Waals surface area contributed by atoms with E-state index in [4.69, 9.17) is 23.3 Å². The van der Waals surface area contributed by atoms with Crippen molar-refractivity contribution in [1.29, 1.82) is 0 Å². The molecular weight excluding hydrogens is 619 g/mol. The molecule has 3 aromatic rings. The summed E-state index contributed by atoms with van der Waals surface area (Å²) in [6.07, 6.45) is 0.0192. The van der Waals surface area contributed by atoms with Crippen molar-refractivity contribution in [3.05, 3.63) is 56.6 Å². The zero-order chi connectivity index (χ0) is 32.5. The number of alkyl carbamates (subject to hydrolysis) is 1. The number of fused-ring (bicyclic) bond motifs is 1. The molecule has 1 unspecified atom stereocenters. The highest BCUT2D eigenvalue weighted by molar-refractivity contribution is 7.54. The number of nitrogens with one attached hydrogen (secondary N) is 2. The van der Waals surface area contributed by atoms with Gasteiger partial charge in [0.2, 0.25) is 5.52 Å². The Morgan fingerprint density at radius 2 is 1.80 bits per heavy atom. The lowest BCUT2D eigenvalue weighted by Crippen LogP contribution is -2.27. The summed E-state index contributed by atoms with van der Waals surface area (Å²) in [6.45, 7) is 4.57. The number of carbonyl (C=O) groups is 1. The summed E-state index contributed by atoms with van der Waals surface area (Å²) in [5.74, 6) is -0.583. The molecule has 2 heterocycles. The van der Waals surface area contributed by atoms with Crippen LogP contribution in [0.4, 0.5) is 21.9 Å². The number of nitrogens with zero attached hydrogens (tertiary/aromatic N) is 4. The highest BCUT2D eigenvalue weighted by Gasteiger charge is 2.33. The quantitative estimate of drug-likeness (QED) is 0.0864. The van der Waals surface area contributed by atoms with Crippen LogP contribution in [0.15, 0.2) is 41.0 Å². The zero-order valence-electron chi connectivity index (χ0n) is 24.5. The minimum atomic E-state index is -3.75. The Bertz CT molecular complexity index is 1530. The van der Waals surface area contributed by atoms with Crippen molar-refractivity contribution in [3.63, 3.8) is 0 Å². The largest absolute Gasteiger partial charge is 0.450 e. The molecule has 0 spiro atoms. The Morgan fingerprint density at radius 3 is 2.49 bits per heavy atom. The highest BCUT2D eigenvalue weighted by atomic mass is 31.2. The Hall–Kier alpha value is -4.38. The van der Waals surface area contributed by atoms with E-state index in [2.05, 4.69) is 25.6 Å². The van der Waals surface area contributed by atoms with Gasteiger partial charge >= 0.3 is 19.4 Å². The third-order valence-corrected chi connectivity index (χ3v) is 8.35. The molecule has 1 aliphatic heterocycles. The van der Waals surface area contributed by atoms with E-state index in [1.165, 1.54) is 36.4 Å². The molecule has 45 heavy (non-hydrogen) atoms. The van der Waals surface area contributed by atoms with Gasteiger partial charge < -0.3 is 29.4 Å². The lowest BCUT2D eigenvalue weighted by molar-refractivity contribution is -0.384. The van der Waals surface area contributed by atoms with Gasteiger partial charge in [0, 0.05) is 31.3 Å². The van der Waals surface area contributed by atoms with Crippen LogP contribution in [-0.4, -0.2) is 77.2 Å². The number of nitro benzene ring substituents is 2.